The summed E-state index contributed by atoms with van der Waals surface area (Å²) in [6, 6.07) is 3.62. The van der Waals surface area contributed by atoms with Crippen LogP contribution >= 0.6 is 0 Å². The van der Waals surface area contributed by atoms with Crippen molar-refractivity contribution < 1.29 is 26.3 Å². The molecule has 0 nitrogen and oxygen atoms in total. The smallest absolute Gasteiger partial charge is 0.206 e. The van der Waals surface area contributed by atoms with E-state index in [1.807, 2.05) is 0 Å². The van der Waals surface area contributed by atoms with Crippen LogP contribution in [-0.2, 0) is 0 Å². The first-order valence-electron chi connectivity index (χ1n) is 11.0. The topological polar surface area (TPSA) is 0 Å². The van der Waals surface area contributed by atoms with Gasteiger partial charge >= 0.3 is 6.18 Å². The Bertz CT molecular complexity index is 1110. The molecule has 0 N–H and O–H groups in total. The summed E-state index contributed by atoms with van der Waals surface area (Å²) < 4.78 is 80.7. The van der Waals surface area contributed by atoms with E-state index >= 15 is 0 Å². The number of benzene rings is 2. The number of allylic oxidation sites excluding steroid dienone is 2. The molecule has 2 aromatic carbocycles. The first kappa shape index (κ1) is 22.8. The Morgan fingerprint density at radius 1 is 0.875 bits per heavy atom. The Hall–Kier alpha value is -2.42. The summed E-state index contributed by atoms with van der Waals surface area (Å²) >= 11 is 0. The van der Waals surface area contributed by atoms with E-state index in [9.17, 15) is 26.3 Å². The fourth-order valence-electron chi connectivity index (χ4n) is 5.08. The molecule has 0 heterocycles. The van der Waals surface area contributed by atoms with Crippen molar-refractivity contribution in [1.29, 1.82) is 0 Å². The molecule has 0 aliphatic heterocycles. The molecule has 2 aliphatic rings. The maximum absolute atomic E-state index is 14.8. The molecular weight excluding hydrogens is 426 g/mol. The van der Waals surface area contributed by atoms with E-state index in [1.54, 1.807) is 0 Å². The quantitative estimate of drug-likeness (QED) is 0.246. The van der Waals surface area contributed by atoms with Crippen molar-refractivity contribution >= 4 is 10.8 Å². The molecule has 6 heteroatoms. The number of alkyl halides is 3. The van der Waals surface area contributed by atoms with E-state index in [0.29, 0.717) is 11.5 Å². The predicted octanol–water partition coefficient (Wildman–Crippen LogP) is 8.19. The van der Waals surface area contributed by atoms with Gasteiger partial charge in [-0.25, -0.2) is 13.2 Å². The van der Waals surface area contributed by atoms with Gasteiger partial charge in [-0.05, 0) is 72.9 Å². The summed E-state index contributed by atoms with van der Waals surface area (Å²) in [4.78, 5) is 0. The zero-order valence-corrected chi connectivity index (χ0v) is 17.8. The Morgan fingerprint density at radius 3 is 2.22 bits per heavy atom. The highest BCUT2D eigenvalue weighted by Gasteiger charge is 2.27. The third-order valence-electron chi connectivity index (χ3n) is 6.89. The van der Waals surface area contributed by atoms with Gasteiger partial charge in [-0.15, -0.1) is 0 Å². The first-order chi connectivity index (χ1) is 15.1. The highest BCUT2D eigenvalue weighted by atomic mass is 19.4. The van der Waals surface area contributed by atoms with Crippen LogP contribution in [0.4, 0.5) is 26.3 Å². The average Bonchev–Trinajstić information content (AvgIpc) is 2.73. The van der Waals surface area contributed by atoms with Crippen molar-refractivity contribution in [3.8, 4) is 11.8 Å². The van der Waals surface area contributed by atoms with E-state index < -0.39 is 34.6 Å². The lowest BCUT2D eigenvalue weighted by molar-refractivity contribution is -0.0696. The SMILES string of the molecule is CC1CCC(C2=CCC(c3cc(F)c4c(F)c(C#CC(F)(F)F)c(F)cc4c3)CC2)CC1. The van der Waals surface area contributed by atoms with Gasteiger partial charge in [0.2, 0.25) is 0 Å². The monoisotopic (exact) mass is 450 g/mol. The van der Waals surface area contributed by atoms with Crippen LogP contribution in [0.3, 0.4) is 0 Å². The minimum atomic E-state index is -4.90. The third-order valence-corrected chi connectivity index (χ3v) is 6.89. The molecule has 0 radical (unpaired) electrons. The minimum Gasteiger partial charge on any atom is -0.206 e. The summed E-state index contributed by atoms with van der Waals surface area (Å²) in [5.41, 5.74) is 1.04. The van der Waals surface area contributed by atoms with Crippen molar-refractivity contribution in [2.75, 3.05) is 0 Å². The molecule has 0 bridgehead atoms. The second-order valence-corrected chi connectivity index (χ2v) is 9.10. The number of hydrogen-bond acceptors (Lipinski definition) is 0. The lowest BCUT2D eigenvalue weighted by atomic mass is 9.74. The minimum absolute atomic E-state index is 0.0106. The molecule has 0 spiro atoms. The second-order valence-electron chi connectivity index (χ2n) is 9.10. The van der Waals surface area contributed by atoms with Crippen molar-refractivity contribution in [2.45, 2.75) is 64.0 Å². The summed E-state index contributed by atoms with van der Waals surface area (Å²) in [6.07, 6.45) is 4.75. The molecule has 2 aliphatic carbocycles. The maximum Gasteiger partial charge on any atom is 0.458 e. The summed E-state index contributed by atoms with van der Waals surface area (Å²) in [6.45, 7) is 2.29. The largest absolute Gasteiger partial charge is 0.458 e. The van der Waals surface area contributed by atoms with Crippen LogP contribution < -0.4 is 0 Å². The zero-order chi connectivity index (χ0) is 23.0. The van der Waals surface area contributed by atoms with Crippen LogP contribution in [0.2, 0.25) is 0 Å². The molecule has 1 unspecified atom stereocenters. The molecule has 0 aromatic heterocycles. The van der Waals surface area contributed by atoms with Crippen LogP contribution in [0.1, 0.15) is 68.9 Å². The Kier molecular flexibility index (Phi) is 6.29. The summed E-state index contributed by atoms with van der Waals surface area (Å²) in [7, 11) is 0. The van der Waals surface area contributed by atoms with Gasteiger partial charge in [0, 0.05) is 5.92 Å². The van der Waals surface area contributed by atoms with Crippen molar-refractivity contribution in [3.63, 3.8) is 0 Å². The molecule has 1 atom stereocenters. The highest BCUT2D eigenvalue weighted by molar-refractivity contribution is 5.86. The summed E-state index contributed by atoms with van der Waals surface area (Å²) in [5.74, 6) is 0.189. The first-order valence-corrected chi connectivity index (χ1v) is 11.0. The van der Waals surface area contributed by atoms with Crippen LogP contribution in [0.25, 0.3) is 10.8 Å². The molecule has 170 valence electrons. The van der Waals surface area contributed by atoms with Gasteiger partial charge in [-0.3, -0.25) is 0 Å². The fourth-order valence-corrected chi connectivity index (χ4v) is 5.08. The van der Waals surface area contributed by atoms with Gasteiger partial charge in [0.05, 0.1) is 10.9 Å². The fraction of sp³-hybridized carbons (Fsp3) is 0.462. The Labute approximate surface area is 183 Å². The van der Waals surface area contributed by atoms with Gasteiger partial charge in [0.25, 0.3) is 0 Å². The number of hydrogen-bond donors (Lipinski definition) is 0. The van der Waals surface area contributed by atoms with Crippen LogP contribution in [0.15, 0.2) is 29.8 Å². The number of halogens is 6. The maximum atomic E-state index is 14.8. The number of fused-ring (bicyclic) bond motifs is 1. The molecule has 0 saturated heterocycles. The molecule has 1 fully saturated rings. The van der Waals surface area contributed by atoms with E-state index in [-0.39, 0.29) is 11.3 Å². The third kappa shape index (κ3) is 4.82. The lowest BCUT2D eigenvalue weighted by Crippen LogP contribution is -2.17. The highest BCUT2D eigenvalue weighted by Crippen LogP contribution is 2.41. The normalized spacial score (nSPS) is 24.1. The standard InChI is InChI=1S/C26H24F6/c1-15-2-4-16(5-3-15)17-6-8-18(9-7-17)19-12-20-14-22(27)21(10-11-26(30,31)32)25(29)24(20)23(28)13-19/h6,12-16,18H,2-5,7-9H2,1H3. The molecule has 0 amide bonds. The molecule has 4 rings (SSSR count). The van der Waals surface area contributed by atoms with E-state index in [1.165, 1.54) is 49.3 Å². The van der Waals surface area contributed by atoms with Crippen molar-refractivity contribution in [3.05, 3.63) is 58.4 Å². The molecule has 32 heavy (non-hydrogen) atoms. The average molecular weight is 450 g/mol. The van der Waals surface area contributed by atoms with Gasteiger partial charge in [0.15, 0.2) is 5.82 Å². The molecule has 2 aromatic rings. The van der Waals surface area contributed by atoms with Crippen molar-refractivity contribution in [2.24, 2.45) is 11.8 Å². The van der Waals surface area contributed by atoms with Gasteiger partial charge in [-0.1, -0.05) is 43.4 Å². The lowest BCUT2D eigenvalue weighted by Gasteiger charge is -2.32. The summed E-state index contributed by atoms with van der Waals surface area (Å²) in [5, 5.41) is -0.548. The van der Waals surface area contributed by atoms with Crippen molar-refractivity contribution in [1.82, 2.24) is 0 Å². The Morgan fingerprint density at radius 2 is 1.59 bits per heavy atom. The van der Waals surface area contributed by atoms with E-state index in [4.69, 9.17) is 0 Å². The van der Waals surface area contributed by atoms with Gasteiger partial charge in [0.1, 0.15) is 11.6 Å². The van der Waals surface area contributed by atoms with Gasteiger partial charge in [-0.2, -0.15) is 13.2 Å². The van der Waals surface area contributed by atoms with Crippen LogP contribution in [0, 0.1) is 41.1 Å². The second kappa shape index (κ2) is 8.84. The molecule has 1 saturated carbocycles. The van der Waals surface area contributed by atoms with E-state index in [2.05, 4.69) is 13.0 Å². The van der Waals surface area contributed by atoms with Gasteiger partial charge < -0.3 is 0 Å². The molecular formula is C26H24F6. The predicted molar refractivity (Wildman–Crippen MR) is 113 cm³/mol. The van der Waals surface area contributed by atoms with Crippen LogP contribution in [-0.4, -0.2) is 6.18 Å². The number of rotatable bonds is 2. The van der Waals surface area contributed by atoms with Crippen LogP contribution in [0.5, 0.6) is 0 Å². The van der Waals surface area contributed by atoms with E-state index in [0.717, 1.165) is 37.2 Å². The zero-order valence-electron chi connectivity index (χ0n) is 17.8. The Balaban J connectivity index is 1.61.